The van der Waals surface area contributed by atoms with Crippen LogP contribution in [0.25, 0.3) is 15.5 Å². The van der Waals surface area contributed by atoms with E-state index < -0.39 is 6.10 Å². The van der Waals surface area contributed by atoms with Gasteiger partial charge in [-0.25, -0.2) is 4.98 Å². The third kappa shape index (κ3) is 4.38. The molecule has 7 nitrogen and oxygen atoms in total. The fourth-order valence-corrected chi connectivity index (χ4v) is 3.77. The first-order valence-corrected chi connectivity index (χ1v) is 10.3. The zero-order valence-electron chi connectivity index (χ0n) is 16.5. The Bertz CT molecular complexity index is 1230. The summed E-state index contributed by atoms with van der Waals surface area (Å²) in [6.45, 7) is 3.79. The number of hydrogen-bond acceptors (Lipinski definition) is 6. The molecular formula is C22H20N4O3S. The Morgan fingerprint density at radius 1 is 1.17 bits per heavy atom. The predicted molar refractivity (Wildman–Crippen MR) is 116 cm³/mol. The highest BCUT2D eigenvalue weighted by Gasteiger charge is 2.16. The number of aryl methyl sites for hydroxylation is 1. The average molecular weight is 420 g/mol. The van der Waals surface area contributed by atoms with Crippen molar-refractivity contribution in [3.8, 4) is 16.3 Å². The summed E-state index contributed by atoms with van der Waals surface area (Å²) in [5, 5.41) is 7.83. The Kier molecular flexibility index (Phi) is 5.58. The van der Waals surface area contributed by atoms with E-state index in [1.807, 2.05) is 61.5 Å². The van der Waals surface area contributed by atoms with Crippen LogP contribution in [-0.4, -0.2) is 26.6 Å². The molecule has 0 spiro atoms. The highest BCUT2D eigenvalue weighted by molar-refractivity contribution is 7.19. The molecule has 0 saturated carbocycles. The molecule has 0 aliphatic carbocycles. The van der Waals surface area contributed by atoms with Crippen molar-refractivity contribution in [3.05, 3.63) is 82.3 Å². The maximum atomic E-state index is 12.4. The van der Waals surface area contributed by atoms with Crippen LogP contribution in [0.3, 0.4) is 0 Å². The summed E-state index contributed by atoms with van der Waals surface area (Å²) in [6, 6.07) is 18.5. The van der Waals surface area contributed by atoms with Crippen LogP contribution in [-0.2, 0) is 11.3 Å². The summed E-state index contributed by atoms with van der Waals surface area (Å²) < 4.78 is 6.94. The smallest absolute Gasteiger partial charge is 0.275 e. The lowest BCUT2D eigenvalue weighted by molar-refractivity contribution is -0.127. The second-order valence-corrected chi connectivity index (χ2v) is 7.80. The number of rotatable bonds is 6. The van der Waals surface area contributed by atoms with Crippen LogP contribution < -0.4 is 15.6 Å². The molecule has 0 bridgehead atoms. The van der Waals surface area contributed by atoms with Gasteiger partial charge in [0.1, 0.15) is 10.8 Å². The molecular weight excluding hydrogens is 400 g/mol. The van der Waals surface area contributed by atoms with Crippen LogP contribution in [0.4, 0.5) is 0 Å². The second kappa shape index (κ2) is 8.46. The topological polar surface area (TPSA) is 85.6 Å². The number of amides is 1. The van der Waals surface area contributed by atoms with Crippen LogP contribution in [0.1, 0.15) is 18.2 Å². The monoisotopic (exact) mass is 420 g/mol. The van der Waals surface area contributed by atoms with Gasteiger partial charge in [0.25, 0.3) is 11.5 Å². The Hall–Kier alpha value is -3.52. The van der Waals surface area contributed by atoms with E-state index in [-0.39, 0.29) is 18.0 Å². The van der Waals surface area contributed by atoms with E-state index in [9.17, 15) is 9.59 Å². The van der Waals surface area contributed by atoms with Crippen LogP contribution >= 0.6 is 11.3 Å². The number of nitrogens with zero attached hydrogens (tertiary/aromatic N) is 3. The van der Waals surface area contributed by atoms with Crippen molar-refractivity contribution < 1.29 is 9.53 Å². The van der Waals surface area contributed by atoms with Gasteiger partial charge < -0.3 is 10.1 Å². The summed E-state index contributed by atoms with van der Waals surface area (Å²) in [5.74, 6) is 0.339. The molecule has 8 heteroatoms. The first kappa shape index (κ1) is 19.8. The summed E-state index contributed by atoms with van der Waals surface area (Å²) in [4.78, 5) is 29.7. The molecule has 2 aromatic heterocycles. The molecule has 1 amide bonds. The zero-order valence-corrected chi connectivity index (χ0v) is 17.3. The lowest BCUT2D eigenvalue weighted by Gasteiger charge is -2.14. The maximum Gasteiger partial charge on any atom is 0.275 e. The maximum absolute atomic E-state index is 12.4. The second-order valence-electron chi connectivity index (χ2n) is 6.84. The van der Waals surface area contributed by atoms with Gasteiger partial charge in [-0.2, -0.15) is 9.61 Å². The van der Waals surface area contributed by atoms with Crippen molar-refractivity contribution in [2.24, 2.45) is 0 Å². The Morgan fingerprint density at radius 3 is 2.63 bits per heavy atom. The van der Waals surface area contributed by atoms with Crippen LogP contribution in [0.15, 0.2) is 65.5 Å². The fraction of sp³-hybridized carbons (Fsp3) is 0.182. The van der Waals surface area contributed by atoms with Crippen molar-refractivity contribution >= 4 is 22.2 Å². The van der Waals surface area contributed by atoms with E-state index in [1.54, 1.807) is 6.92 Å². The van der Waals surface area contributed by atoms with Crippen LogP contribution in [0.5, 0.6) is 5.75 Å². The number of fused-ring (bicyclic) bond motifs is 1. The lowest BCUT2D eigenvalue weighted by atomic mass is 10.2. The summed E-state index contributed by atoms with van der Waals surface area (Å²) in [7, 11) is 0. The highest BCUT2D eigenvalue weighted by atomic mass is 32.1. The normalized spacial score (nSPS) is 11.9. The third-order valence-electron chi connectivity index (χ3n) is 4.47. The molecule has 30 heavy (non-hydrogen) atoms. The summed E-state index contributed by atoms with van der Waals surface area (Å²) in [5.41, 5.74) is 2.22. The highest BCUT2D eigenvalue weighted by Crippen LogP contribution is 2.23. The SMILES string of the molecule is Cc1ccc(O[C@H](C)C(=O)NCc2cc(=O)n3nc(-c4ccccc4)sc3n2)cc1. The van der Waals surface area contributed by atoms with Gasteiger partial charge in [-0.1, -0.05) is 59.4 Å². The van der Waals surface area contributed by atoms with E-state index in [2.05, 4.69) is 15.4 Å². The van der Waals surface area contributed by atoms with Gasteiger partial charge in [0.2, 0.25) is 4.96 Å². The molecule has 0 unspecified atom stereocenters. The first-order chi connectivity index (χ1) is 14.5. The Morgan fingerprint density at radius 2 is 1.90 bits per heavy atom. The first-order valence-electron chi connectivity index (χ1n) is 9.46. The average Bonchev–Trinajstić information content (AvgIpc) is 3.19. The molecule has 0 fully saturated rings. The number of aromatic nitrogens is 3. The minimum Gasteiger partial charge on any atom is -0.481 e. The predicted octanol–water partition coefficient (Wildman–Crippen LogP) is 3.21. The number of ether oxygens (including phenoxy) is 1. The lowest BCUT2D eigenvalue weighted by Crippen LogP contribution is -2.36. The van der Waals surface area contributed by atoms with E-state index in [4.69, 9.17) is 4.74 Å². The number of benzene rings is 2. The molecule has 0 radical (unpaired) electrons. The molecule has 4 rings (SSSR count). The third-order valence-corrected chi connectivity index (χ3v) is 5.42. The van der Waals surface area contributed by atoms with Gasteiger partial charge in [0.15, 0.2) is 6.10 Å². The Labute approximate surface area is 177 Å². The minimum absolute atomic E-state index is 0.130. The molecule has 2 aromatic carbocycles. The number of hydrogen-bond donors (Lipinski definition) is 1. The number of carbonyl (C=O) groups is 1. The van der Waals surface area contributed by atoms with Crippen molar-refractivity contribution in [2.75, 3.05) is 0 Å². The van der Waals surface area contributed by atoms with E-state index in [0.29, 0.717) is 21.4 Å². The van der Waals surface area contributed by atoms with Gasteiger partial charge in [-0.15, -0.1) is 0 Å². The summed E-state index contributed by atoms with van der Waals surface area (Å²) in [6.07, 6.45) is -0.675. The van der Waals surface area contributed by atoms with Crippen molar-refractivity contribution in [1.82, 2.24) is 19.9 Å². The van der Waals surface area contributed by atoms with E-state index >= 15 is 0 Å². The van der Waals surface area contributed by atoms with Crippen molar-refractivity contribution in [1.29, 1.82) is 0 Å². The molecule has 152 valence electrons. The zero-order chi connectivity index (χ0) is 21.1. The molecule has 2 heterocycles. The fourth-order valence-electron chi connectivity index (χ4n) is 2.84. The van der Waals surface area contributed by atoms with Crippen LogP contribution in [0, 0.1) is 6.92 Å². The molecule has 1 N–H and O–H groups in total. The molecule has 0 aliphatic heterocycles. The van der Waals surface area contributed by atoms with Gasteiger partial charge in [-0.05, 0) is 26.0 Å². The molecule has 1 atom stereocenters. The Balaban J connectivity index is 1.45. The summed E-state index contributed by atoms with van der Waals surface area (Å²) >= 11 is 1.33. The number of carbonyl (C=O) groups excluding carboxylic acids is 1. The number of nitrogens with one attached hydrogen (secondary N) is 1. The van der Waals surface area contributed by atoms with Crippen molar-refractivity contribution in [3.63, 3.8) is 0 Å². The van der Waals surface area contributed by atoms with Gasteiger partial charge in [0.05, 0.1) is 12.2 Å². The van der Waals surface area contributed by atoms with Crippen molar-refractivity contribution in [2.45, 2.75) is 26.5 Å². The molecule has 4 aromatic rings. The van der Waals surface area contributed by atoms with Crippen LogP contribution in [0.2, 0.25) is 0 Å². The molecule has 0 saturated heterocycles. The van der Waals surface area contributed by atoms with E-state index in [0.717, 1.165) is 11.1 Å². The van der Waals surface area contributed by atoms with Gasteiger partial charge in [0, 0.05) is 11.6 Å². The van der Waals surface area contributed by atoms with E-state index in [1.165, 1.54) is 21.9 Å². The van der Waals surface area contributed by atoms with Gasteiger partial charge in [-0.3, -0.25) is 9.59 Å². The molecule has 0 aliphatic rings. The largest absolute Gasteiger partial charge is 0.481 e. The minimum atomic E-state index is -0.675. The van der Waals surface area contributed by atoms with Gasteiger partial charge >= 0.3 is 0 Å². The quantitative estimate of drug-likeness (QED) is 0.518. The standard InChI is InChI=1S/C22H20N4O3S/c1-14-8-10-18(11-9-14)29-15(2)20(28)23-13-17-12-19(27)26-22(24-17)30-21(25-26)16-6-4-3-5-7-16/h3-12,15H,13H2,1-2H3,(H,23,28)/t15-/m1/s1.